The van der Waals surface area contributed by atoms with E-state index in [4.69, 9.17) is 0 Å². The molecule has 0 aliphatic heterocycles. The number of hydrogen-bond acceptors (Lipinski definition) is 1. The summed E-state index contributed by atoms with van der Waals surface area (Å²) in [5, 5.41) is 2.77. The zero-order valence-electron chi connectivity index (χ0n) is 13.7. The van der Waals surface area contributed by atoms with Crippen LogP contribution in [-0.4, -0.2) is 5.91 Å². The molecule has 0 heterocycles. The van der Waals surface area contributed by atoms with Crippen LogP contribution in [0, 0.1) is 46.5 Å². The van der Waals surface area contributed by atoms with E-state index in [1.54, 1.807) is 0 Å². The van der Waals surface area contributed by atoms with Gasteiger partial charge in [0.15, 0.2) is 11.6 Å². The fourth-order valence-electron chi connectivity index (χ4n) is 5.78. The second-order valence-corrected chi connectivity index (χ2v) is 8.10. The van der Waals surface area contributed by atoms with Crippen LogP contribution in [0.3, 0.4) is 0 Å². The summed E-state index contributed by atoms with van der Waals surface area (Å²) in [6, 6.07) is 1.46. The van der Waals surface area contributed by atoms with Crippen LogP contribution in [0.1, 0.15) is 44.6 Å². The van der Waals surface area contributed by atoms with Gasteiger partial charge in [-0.3, -0.25) is 4.79 Å². The molecule has 5 rings (SSSR count). The molecule has 130 valence electrons. The van der Waals surface area contributed by atoms with E-state index in [0.717, 1.165) is 18.9 Å². The summed E-state index contributed by atoms with van der Waals surface area (Å²) >= 11 is 0. The van der Waals surface area contributed by atoms with E-state index in [1.165, 1.54) is 19.3 Å². The van der Waals surface area contributed by atoms with Gasteiger partial charge in [0, 0.05) is 18.2 Å². The third kappa shape index (κ3) is 2.35. The van der Waals surface area contributed by atoms with Gasteiger partial charge in [-0.25, -0.2) is 13.2 Å². The first-order valence-electron chi connectivity index (χ1n) is 8.81. The van der Waals surface area contributed by atoms with Crippen LogP contribution in [-0.2, 0) is 11.3 Å². The predicted molar refractivity (Wildman–Crippen MR) is 83.3 cm³/mol. The Balaban J connectivity index is 1.53. The summed E-state index contributed by atoms with van der Waals surface area (Å²) in [6.45, 7) is 1.98. The molecule has 0 aromatic heterocycles. The van der Waals surface area contributed by atoms with Gasteiger partial charge in [-0.15, -0.1) is 0 Å². The Morgan fingerprint density at radius 2 is 1.83 bits per heavy atom. The van der Waals surface area contributed by atoms with E-state index >= 15 is 0 Å². The van der Waals surface area contributed by atoms with Gasteiger partial charge in [0.1, 0.15) is 5.82 Å². The molecule has 1 aromatic carbocycles. The van der Waals surface area contributed by atoms with E-state index in [1.807, 2.05) is 0 Å². The number of nitrogens with one attached hydrogen (secondary N) is 1. The average Bonchev–Trinajstić information content (AvgIpc) is 2.53. The normalized spacial score (nSPS) is 36.8. The topological polar surface area (TPSA) is 29.1 Å². The summed E-state index contributed by atoms with van der Waals surface area (Å²) in [7, 11) is 0. The molecule has 4 saturated carbocycles. The smallest absolute Gasteiger partial charge is 0.226 e. The summed E-state index contributed by atoms with van der Waals surface area (Å²) < 4.78 is 40.4. The predicted octanol–water partition coefficient (Wildman–Crippen LogP) is 4.18. The Bertz CT molecular complexity index is 675. The SMILES string of the molecule is CC1C2CC3CC(C2)CC1(C(=O)NCc1cc(F)cc(F)c1F)C3. The highest BCUT2D eigenvalue weighted by atomic mass is 19.2. The van der Waals surface area contributed by atoms with Gasteiger partial charge in [0.05, 0.1) is 5.41 Å². The van der Waals surface area contributed by atoms with Gasteiger partial charge < -0.3 is 5.32 Å². The van der Waals surface area contributed by atoms with E-state index in [2.05, 4.69) is 12.2 Å². The minimum atomic E-state index is -1.22. The third-order valence-corrected chi connectivity index (χ3v) is 6.78. The van der Waals surface area contributed by atoms with E-state index in [0.29, 0.717) is 29.7 Å². The summed E-state index contributed by atoms with van der Waals surface area (Å²) in [4.78, 5) is 12.9. The standard InChI is InChI=1S/C19H22F3NO/c1-10-13-3-11-2-12(4-13)8-19(10,7-11)18(24)23-9-14-5-15(20)6-16(21)17(14)22/h5-6,10-13H,2-4,7-9H2,1H3,(H,23,24). The van der Waals surface area contributed by atoms with Gasteiger partial charge in [-0.2, -0.15) is 0 Å². The molecule has 4 fully saturated rings. The second-order valence-electron chi connectivity index (χ2n) is 8.10. The number of rotatable bonds is 3. The molecule has 0 spiro atoms. The maximum Gasteiger partial charge on any atom is 0.226 e. The van der Waals surface area contributed by atoms with Gasteiger partial charge in [0.25, 0.3) is 0 Å². The molecular formula is C19H22F3NO. The number of halogens is 3. The van der Waals surface area contributed by atoms with Crippen molar-refractivity contribution in [2.75, 3.05) is 0 Å². The van der Waals surface area contributed by atoms with Crippen LogP contribution in [0.2, 0.25) is 0 Å². The van der Waals surface area contributed by atoms with Crippen molar-refractivity contribution in [1.29, 1.82) is 0 Å². The Morgan fingerprint density at radius 3 is 2.50 bits per heavy atom. The number of carbonyl (C=O) groups excluding carboxylic acids is 1. The van der Waals surface area contributed by atoms with Gasteiger partial charge >= 0.3 is 0 Å². The molecule has 3 unspecified atom stereocenters. The van der Waals surface area contributed by atoms with Gasteiger partial charge in [-0.05, 0) is 61.8 Å². The quantitative estimate of drug-likeness (QED) is 0.824. The highest BCUT2D eigenvalue weighted by Gasteiger charge is 2.58. The van der Waals surface area contributed by atoms with Crippen molar-refractivity contribution < 1.29 is 18.0 Å². The Kier molecular flexibility index (Phi) is 3.66. The maximum atomic E-state index is 13.8. The summed E-state index contributed by atoms with van der Waals surface area (Å²) in [5.74, 6) is -1.05. The second kappa shape index (κ2) is 5.50. The first-order chi connectivity index (χ1) is 11.4. The molecule has 1 N–H and O–H groups in total. The highest BCUT2D eigenvalue weighted by Crippen LogP contribution is 2.62. The van der Waals surface area contributed by atoms with Crippen LogP contribution < -0.4 is 5.32 Å². The zero-order valence-corrected chi connectivity index (χ0v) is 13.7. The molecule has 2 nitrogen and oxygen atoms in total. The van der Waals surface area contributed by atoms with Crippen LogP contribution in [0.25, 0.3) is 0 Å². The molecule has 5 heteroatoms. The molecule has 24 heavy (non-hydrogen) atoms. The molecule has 4 aliphatic rings. The van der Waals surface area contributed by atoms with Crippen molar-refractivity contribution >= 4 is 5.91 Å². The summed E-state index contributed by atoms with van der Waals surface area (Å²) in [6.07, 6.45) is 5.45. The minimum absolute atomic E-state index is 0.0711. The minimum Gasteiger partial charge on any atom is -0.351 e. The number of benzene rings is 1. The fraction of sp³-hybridized carbons (Fsp3) is 0.632. The third-order valence-electron chi connectivity index (χ3n) is 6.78. The lowest BCUT2D eigenvalue weighted by molar-refractivity contribution is -0.157. The van der Waals surface area contributed by atoms with Crippen molar-refractivity contribution in [1.82, 2.24) is 5.32 Å². The molecule has 1 amide bonds. The lowest BCUT2D eigenvalue weighted by Crippen LogP contribution is -2.58. The lowest BCUT2D eigenvalue weighted by Gasteiger charge is -2.59. The molecule has 3 atom stereocenters. The van der Waals surface area contributed by atoms with Crippen LogP contribution in [0.15, 0.2) is 12.1 Å². The van der Waals surface area contributed by atoms with E-state index in [-0.39, 0.29) is 23.4 Å². The Hall–Kier alpha value is -1.52. The van der Waals surface area contributed by atoms with E-state index < -0.39 is 17.5 Å². The van der Waals surface area contributed by atoms with Crippen LogP contribution in [0.5, 0.6) is 0 Å². The first-order valence-corrected chi connectivity index (χ1v) is 8.81. The number of hydrogen-bond donors (Lipinski definition) is 1. The monoisotopic (exact) mass is 337 g/mol. The maximum absolute atomic E-state index is 13.8. The number of amides is 1. The van der Waals surface area contributed by atoms with Crippen molar-refractivity contribution in [3.8, 4) is 0 Å². The van der Waals surface area contributed by atoms with Gasteiger partial charge in [0.2, 0.25) is 5.91 Å². The molecule has 1 aromatic rings. The van der Waals surface area contributed by atoms with Gasteiger partial charge in [-0.1, -0.05) is 6.92 Å². The average molecular weight is 337 g/mol. The van der Waals surface area contributed by atoms with Crippen molar-refractivity contribution in [2.24, 2.45) is 29.1 Å². The summed E-state index contributed by atoms with van der Waals surface area (Å²) in [5.41, 5.74) is -0.518. The zero-order chi connectivity index (χ0) is 17.1. The van der Waals surface area contributed by atoms with E-state index in [9.17, 15) is 18.0 Å². The highest BCUT2D eigenvalue weighted by molar-refractivity contribution is 5.83. The molecule has 0 saturated heterocycles. The van der Waals surface area contributed by atoms with Crippen molar-refractivity contribution in [3.05, 3.63) is 35.1 Å². The Labute approximate surface area is 139 Å². The largest absolute Gasteiger partial charge is 0.351 e. The molecule has 4 aliphatic carbocycles. The first kappa shape index (κ1) is 16.0. The lowest BCUT2D eigenvalue weighted by atomic mass is 9.45. The molecule has 0 radical (unpaired) electrons. The fourth-order valence-corrected chi connectivity index (χ4v) is 5.78. The van der Waals surface area contributed by atoms with Crippen LogP contribution in [0.4, 0.5) is 13.2 Å². The van der Waals surface area contributed by atoms with Crippen molar-refractivity contribution in [3.63, 3.8) is 0 Å². The number of carbonyl (C=O) groups is 1. The van der Waals surface area contributed by atoms with Crippen molar-refractivity contribution in [2.45, 2.75) is 45.6 Å². The Morgan fingerprint density at radius 1 is 1.17 bits per heavy atom. The molecule has 4 bridgehead atoms. The van der Waals surface area contributed by atoms with Crippen LogP contribution >= 0.6 is 0 Å². The molecular weight excluding hydrogens is 315 g/mol.